The molecule has 0 spiro atoms. The van der Waals surface area contributed by atoms with Gasteiger partial charge in [-0.1, -0.05) is 38.1 Å². The Hall–Kier alpha value is -1.61. The van der Waals surface area contributed by atoms with Gasteiger partial charge in [-0.3, -0.25) is 4.68 Å². The van der Waals surface area contributed by atoms with Gasteiger partial charge in [0.2, 0.25) is 0 Å². The fraction of sp³-hybridized carbons (Fsp3) is 0.471. The summed E-state index contributed by atoms with van der Waals surface area (Å²) in [4.78, 5) is 0. The van der Waals surface area contributed by atoms with Crippen LogP contribution in [0.2, 0.25) is 0 Å². The summed E-state index contributed by atoms with van der Waals surface area (Å²) in [6.07, 6.45) is 2.12. The van der Waals surface area contributed by atoms with Crippen molar-refractivity contribution in [3.8, 4) is 0 Å². The number of rotatable bonds is 5. The van der Waals surface area contributed by atoms with Crippen LogP contribution in [0.5, 0.6) is 0 Å². The Morgan fingerprint density at radius 1 is 1.20 bits per heavy atom. The van der Waals surface area contributed by atoms with E-state index in [4.69, 9.17) is 0 Å². The van der Waals surface area contributed by atoms with E-state index in [2.05, 4.69) is 68.6 Å². The third-order valence-electron chi connectivity index (χ3n) is 3.74. The van der Waals surface area contributed by atoms with Crippen LogP contribution in [0.25, 0.3) is 0 Å². The molecule has 2 aromatic rings. The molecule has 0 saturated heterocycles. The Morgan fingerprint density at radius 2 is 1.90 bits per heavy atom. The predicted octanol–water partition coefficient (Wildman–Crippen LogP) is 3.70. The first-order valence-corrected chi connectivity index (χ1v) is 7.30. The zero-order valence-electron chi connectivity index (χ0n) is 13.1. The van der Waals surface area contributed by atoms with Crippen molar-refractivity contribution in [1.82, 2.24) is 15.1 Å². The van der Waals surface area contributed by atoms with E-state index < -0.39 is 0 Å². The lowest BCUT2D eigenvalue weighted by molar-refractivity contribution is 0.568. The highest BCUT2D eigenvalue weighted by atomic mass is 15.3. The summed E-state index contributed by atoms with van der Waals surface area (Å²) >= 11 is 0. The van der Waals surface area contributed by atoms with Gasteiger partial charge in [0, 0.05) is 31.4 Å². The molecule has 3 nitrogen and oxygen atoms in total. The average Bonchev–Trinajstić information content (AvgIpc) is 2.78. The number of hydrogen-bond acceptors (Lipinski definition) is 2. The monoisotopic (exact) mass is 271 g/mol. The van der Waals surface area contributed by atoms with Gasteiger partial charge in [0.15, 0.2) is 0 Å². The molecule has 0 aliphatic carbocycles. The van der Waals surface area contributed by atoms with E-state index in [-0.39, 0.29) is 0 Å². The fourth-order valence-electron chi connectivity index (χ4n) is 2.62. The minimum atomic E-state index is 0.344. The summed E-state index contributed by atoms with van der Waals surface area (Å²) < 4.78 is 1.91. The molecule has 1 aromatic heterocycles. The molecule has 0 radical (unpaired) electrons. The lowest BCUT2D eigenvalue weighted by Gasteiger charge is -2.16. The summed E-state index contributed by atoms with van der Waals surface area (Å²) in [7, 11) is 1.99. The van der Waals surface area contributed by atoms with E-state index in [1.165, 1.54) is 22.4 Å². The van der Waals surface area contributed by atoms with Gasteiger partial charge >= 0.3 is 0 Å². The van der Waals surface area contributed by atoms with E-state index in [0.29, 0.717) is 12.0 Å². The Labute approximate surface area is 122 Å². The van der Waals surface area contributed by atoms with Crippen molar-refractivity contribution in [2.75, 3.05) is 0 Å². The highest BCUT2D eigenvalue weighted by molar-refractivity contribution is 5.28. The minimum Gasteiger partial charge on any atom is -0.306 e. The standard InChI is InChI=1S/C17H25N3/c1-12(2)17-15(11-20(5)19-17)10-18-14(4)16-9-7-6-8-13(16)3/h6-9,11-12,14,18H,10H2,1-5H3/t14-/m1/s1. The molecular formula is C17H25N3. The second-order valence-corrected chi connectivity index (χ2v) is 5.83. The van der Waals surface area contributed by atoms with Crippen LogP contribution in [0, 0.1) is 6.92 Å². The lowest BCUT2D eigenvalue weighted by atomic mass is 10.0. The van der Waals surface area contributed by atoms with E-state index in [1.807, 2.05) is 11.7 Å². The third-order valence-corrected chi connectivity index (χ3v) is 3.74. The largest absolute Gasteiger partial charge is 0.306 e. The van der Waals surface area contributed by atoms with Gasteiger partial charge in [-0.05, 0) is 30.9 Å². The molecule has 1 aromatic carbocycles. The van der Waals surface area contributed by atoms with Crippen molar-refractivity contribution in [3.05, 3.63) is 52.8 Å². The summed E-state index contributed by atoms with van der Waals surface area (Å²) in [6, 6.07) is 8.89. The number of nitrogens with zero attached hydrogens (tertiary/aromatic N) is 2. The molecule has 0 unspecified atom stereocenters. The average molecular weight is 271 g/mol. The maximum atomic E-state index is 4.56. The molecular weight excluding hydrogens is 246 g/mol. The van der Waals surface area contributed by atoms with Gasteiger partial charge in [-0.2, -0.15) is 5.10 Å². The quantitative estimate of drug-likeness (QED) is 0.898. The summed E-state index contributed by atoms with van der Waals surface area (Å²) in [5.74, 6) is 0.460. The molecule has 108 valence electrons. The lowest BCUT2D eigenvalue weighted by Crippen LogP contribution is -2.19. The third kappa shape index (κ3) is 3.28. The summed E-state index contributed by atoms with van der Waals surface area (Å²) in [5, 5.41) is 8.17. The second-order valence-electron chi connectivity index (χ2n) is 5.83. The first kappa shape index (κ1) is 14.8. The number of benzene rings is 1. The molecule has 0 saturated carbocycles. The maximum Gasteiger partial charge on any atom is 0.0694 e. The normalized spacial score (nSPS) is 12.9. The van der Waals surface area contributed by atoms with Gasteiger partial charge < -0.3 is 5.32 Å². The fourth-order valence-corrected chi connectivity index (χ4v) is 2.62. The van der Waals surface area contributed by atoms with Gasteiger partial charge in [0.1, 0.15) is 0 Å². The van der Waals surface area contributed by atoms with Crippen molar-refractivity contribution >= 4 is 0 Å². The Morgan fingerprint density at radius 3 is 2.55 bits per heavy atom. The summed E-state index contributed by atoms with van der Waals surface area (Å²) in [5.41, 5.74) is 5.19. The first-order valence-electron chi connectivity index (χ1n) is 7.30. The number of aromatic nitrogens is 2. The van der Waals surface area contributed by atoms with Crippen molar-refractivity contribution < 1.29 is 0 Å². The van der Waals surface area contributed by atoms with Crippen molar-refractivity contribution in [2.45, 2.75) is 46.2 Å². The van der Waals surface area contributed by atoms with Gasteiger partial charge in [-0.25, -0.2) is 0 Å². The van der Waals surface area contributed by atoms with Crippen LogP contribution in [0.4, 0.5) is 0 Å². The van der Waals surface area contributed by atoms with Crippen LogP contribution in [0.3, 0.4) is 0 Å². The van der Waals surface area contributed by atoms with Crippen LogP contribution in [-0.4, -0.2) is 9.78 Å². The van der Waals surface area contributed by atoms with Gasteiger partial charge in [0.25, 0.3) is 0 Å². The van der Waals surface area contributed by atoms with E-state index in [9.17, 15) is 0 Å². The molecule has 20 heavy (non-hydrogen) atoms. The summed E-state index contributed by atoms with van der Waals surface area (Å²) in [6.45, 7) is 9.62. The van der Waals surface area contributed by atoms with Crippen LogP contribution in [-0.2, 0) is 13.6 Å². The van der Waals surface area contributed by atoms with Crippen LogP contribution < -0.4 is 5.32 Å². The maximum absolute atomic E-state index is 4.56. The first-order chi connectivity index (χ1) is 9.49. The molecule has 1 heterocycles. The molecule has 0 amide bonds. The van der Waals surface area contributed by atoms with Crippen molar-refractivity contribution in [2.24, 2.45) is 7.05 Å². The molecule has 0 aliphatic heterocycles. The van der Waals surface area contributed by atoms with E-state index >= 15 is 0 Å². The van der Waals surface area contributed by atoms with Gasteiger partial charge in [-0.15, -0.1) is 0 Å². The molecule has 0 fully saturated rings. The number of aryl methyl sites for hydroxylation is 2. The number of nitrogens with one attached hydrogen (secondary N) is 1. The molecule has 3 heteroatoms. The molecule has 0 aliphatic rings. The SMILES string of the molecule is Cc1ccccc1[C@@H](C)NCc1cn(C)nc1C(C)C. The molecule has 0 bridgehead atoms. The highest BCUT2D eigenvalue weighted by Crippen LogP contribution is 2.20. The molecule has 1 N–H and O–H groups in total. The van der Waals surface area contributed by atoms with E-state index in [0.717, 1.165) is 6.54 Å². The van der Waals surface area contributed by atoms with Crippen molar-refractivity contribution in [1.29, 1.82) is 0 Å². The molecule has 2 rings (SSSR count). The zero-order valence-corrected chi connectivity index (χ0v) is 13.1. The van der Waals surface area contributed by atoms with E-state index in [1.54, 1.807) is 0 Å². The van der Waals surface area contributed by atoms with Crippen molar-refractivity contribution in [3.63, 3.8) is 0 Å². The van der Waals surface area contributed by atoms with Crippen LogP contribution in [0.1, 0.15) is 55.1 Å². The minimum absolute atomic E-state index is 0.344. The Kier molecular flexibility index (Phi) is 4.61. The van der Waals surface area contributed by atoms with Crippen LogP contribution in [0.15, 0.2) is 30.5 Å². The van der Waals surface area contributed by atoms with Gasteiger partial charge in [0.05, 0.1) is 5.69 Å². The topological polar surface area (TPSA) is 29.9 Å². The highest BCUT2D eigenvalue weighted by Gasteiger charge is 2.13. The molecule has 1 atom stereocenters. The second kappa shape index (κ2) is 6.23. The predicted molar refractivity (Wildman–Crippen MR) is 83.7 cm³/mol. The zero-order chi connectivity index (χ0) is 14.7. The number of hydrogen-bond donors (Lipinski definition) is 1. The van der Waals surface area contributed by atoms with Crippen LogP contribution >= 0.6 is 0 Å². The Bertz CT molecular complexity index is 569. The smallest absolute Gasteiger partial charge is 0.0694 e. The Balaban J connectivity index is 2.07.